The molecule has 6 nitrogen and oxygen atoms in total. The van der Waals surface area contributed by atoms with Gasteiger partial charge in [0.1, 0.15) is 6.54 Å². The number of aliphatic hydroxyl groups is 1. The second-order valence-electron chi connectivity index (χ2n) is 7.48. The van der Waals surface area contributed by atoms with Crippen molar-refractivity contribution in [1.29, 1.82) is 0 Å². The molecule has 2 aromatic rings. The summed E-state index contributed by atoms with van der Waals surface area (Å²) in [6, 6.07) is 5.12. The van der Waals surface area contributed by atoms with Gasteiger partial charge in [0.05, 0.1) is 16.7 Å². The lowest BCUT2D eigenvalue weighted by Gasteiger charge is -2.41. The predicted octanol–water partition coefficient (Wildman–Crippen LogP) is 1.96. The Kier molecular flexibility index (Phi) is 3.85. The van der Waals surface area contributed by atoms with E-state index < -0.39 is 5.60 Å². The maximum absolute atomic E-state index is 12.7. The van der Waals surface area contributed by atoms with Gasteiger partial charge in [-0.1, -0.05) is 11.6 Å². The van der Waals surface area contributed by atoms with Gasteiger partial charge < -0.3 is 10.4 Å². The Morgan fingerprint density at radius 1 is 1.40 bits per heavy atom. The van der Waals surface area contributed by atoms with Crippen LogP contribution in [0.3, 0.4) is 0 Å². The van der Waals surface area contributed by atoms with E-state index >= 15 is 0 Å². The largest absolute Gasteiger partial charge is 0.390 e. The number of halogens is 1. The molecule has 25 heavy (non-hydrogen) atoms. The molecule has 2 saturated carbocycles. The normalized spacial score (nSPS) is 25.6. The van der Waals surface area contributed by atoms with Crippen LogP contribution in [0.25, 0.3) is 10.8 Å². The van der Waals surface area contributed by atoms with Gasteiger partial charge in [0.2, 0.25) is 5.91 Å². The van der Waals surface area contributed by atoms with Crippen molar-refractivity contribution < 1.29 is 9.90 Å². The average molecular weight is 362 g/mol. The molecule has 132 valence electrons. The van der Waals surface area contributed by atoms with Crippen LogP contribution in [0.1, 0.15) is 44.2 Å². The summed E-state index contributed by atoms with van der Waals surface area (Å²) >= 11 is 6.07. The van der Waals surface area contributed by atoms with Gasteiger partial charge >= 0.3 is 0 Å². The zero-order valence-corrected chi connectivity index (χ0v) is 14.7. The average Bonchev–Trinajstić information content (AvgIpc) is 3.32. The van der Waals surface area contributed by atoms with Gasteiger partial charge in [-0.15, -0.1) is 0 Å². The van der Waals surface area contributed by atoms with E-state index in [0.29, 0.717) is 29.2 Å². The number of aromatic nitrogens is 2. The predicted molar refractivity (Wildman–Crippen MR) is 94.8 cm³/mol. The van der Waals surface area contributed by atoms with Gasteiger partial charge in [0.25, 0.3) is 5.56 Å². The SMILES string of the molecule is CC1(O)CC(NC(=O)Cn2nc(C3CC3)c3cc(Cl)ccc3c2=O)C1. The number of rotatable bonds is 4. The number of nitrogens with zero attached hydrogens (tertiary/aromatic N) is 2. The van der Waals surface area contributed by atoms with Crippen LogP contribution < -0.4 is 10.9 Å². The summed E-state index contributed by atoms with van der Waals surface area (Å²) in [4.78, 5) is 24.9. The van der Waals surface area contributed by atoms with Gasteiger partial charge in [-0.05, 0) is 50.8 Å². The first-order valence-corrected chi connectivity index (χ1v) is 8.92. The summed E-state index contributed by atoms with van der Waals surface area (Å²) in [6.45, 7) is 1.63. The summed E-state index contributed by atoms with van der Waals surface area (Å²) in [5.41, 5.74) is -0.141. The van der Waals surface area contributed by atoms with Gasteiger partial charge in [0.15, 0.2) is 0 Å². The summed E-state index contributed by atoms with van der Waals surface area (Å²) in [7, 11) is 0. The molecule has 0 unspecified atom stereocenters. The zero-order chi connectivity index (χ0) is 17.8. The summed E-state index contributed by atoms with van der Waals surface area (Å²) in [5.74, 6) is 0.0720. The van der Waals surface area contributed by atoms with E-state index in [1.54, 1.807) is 25.1 Å². The molecule has 0 atom stereocenters. The van der Waals surface area contributed by atoms with E-state index in [0.717, 1.165) is 23.9 Å². The number of benzene rings is 1. The quantitative estimate of drug-likeness (QED) is 0.871. The lowest BCUT2D eigenvalue weighted by molar-refractivity contribution is -0.125. The fourth-order valence-corrected chi connectivity index (χ4v) is 3.73. The summed E-state index contributed by atoms with van der Waals surface area (Å²) < 4.78 is 1.25. The van der Waals surface area contributed by atoms with Crippen molar-refractivity contribution in [2.24, 2.45) is 0 Å². The maximum atomic E-state index is 12.7. The Hall–Kier alpha value is -1.92. The van der Waals surface area contributed by atoms with Crippen molar-refractivity contribution in [3.63, 3.8) is 0 Å². The van der Waals surface area contributed by atoms with E-state index in [1.807, 2.05) is 0 Å². The minimum atomic E-state index is -0.700. The second kappa shape index (κ2) is 5.81. The lowest BCUT2D eigenvalue weighted by Crippen LogP contribution is -2.54. The molecule has 1 aromatic heterocycles. The minimum Gasteiger partial charge on any atom is -0.390 e. The molecule has 2 aliphatic rings. The molecule has 0 spiro atoms. The highest BCUT2D eigenvalue weighted by atomic mass is 35.5. The molecule has 0 radical (unpaired) electrons. The third-order valence-electron chi connectivity index (χ3n) is 4.95. The Balaban J connectivity index is 1.61. The Morgan fingerprint density at radius 2 is 2.12 bits per heavy atom. The van der Waals surface area contributed by atoms with Crippen LogP contribution in [0.15, 0.2) is 23.0 Å². The first-order chi connectivity index (χ1) is 11.8. The molecule has 4 rings (SSSR count). The highest BCUT2D eigenvalue weighted by Gasteiger charge is 2.39. The fourth-order valence-electron chi connectivity index (χ4n) is 3.56. The number of nitrogens with one attached hydrogen (secondary N) is 1. The van der Waals surface area contributed by atoms with Gasteiger partial charge in [-0.3, -0.25) is 9.59 Å². The van der Waals surface area contributed by atoms with E-state index in [4.69, 9.17) is 11.6 Å². The van der Waals surface area contributed by atoms with Crippen molar-refractivity contribution in [1.82, 2.24) is 15.1 Å². The van der Waals surface area contributed by atoms with Crippen molar-refractivity contribution in [3.8, 4) is 0 Å². The van der Waals surface area contributed by atoms with Gasteiger partial charge in [0, 0.05) is 22.4 Å². The summed E-state index contributed by atoms with van der Waals surface area (Å²) in [6.07, 6.45) is 3.14. The van der Waals surface area contributed by atoms with Gasteiger partial charge in [-0.25, -0.2) is 4.68 Å². The molecule has 1 heterocycles. The molecule has 7 heteroatoms. The first kappa shape index (κ1) is 16.5. The first-order valence-electron chi connectivity index (χ1n) is 8.54. The molecule has 0 bridgehead atoms. The molecule has 2 fully saturated rings. The number of hydrogen-bond donors (Lipinski definition) is 2. The lowest BCUT2D eigenvalue weighted by atomic mass is 9.77. The second-order valence-corrected chi connectivity index (χ2v) is 7.92. The molecular formula is C18H20ClN3O3. The highest BCUT2D eigenvalue weighted by Crippen LogP contribution is 2.41. The van der Waals surface area contributed by atoms with Crippen LogP contribution in [0, 0.1) is 0 Å². The van der Waals surface area contributed by atoms with Crippen LogP contribution in [-0.4, -0.2) is 32.4 Å². The standard InChI is InChI=1S/C18H20ClN3O3/c1-18(25)7-12(8-18)20-15(23)9-22-17(24)13-5-4-11(19)6-14(13)16(21-22)10-2-3-10/h4-6,10,12,25H,2-3,7-9H2,1H3,(H,20,23). The third-order valence-corrected chi connectivity index (χ3v) is 5.18. The molecule has 0 aliphatic heterocycles. The van der Waals surface area contributed by atoms with Crippen LogP contribution in [0.2, 0.25) is 5.02 Å². The van der Waals surface area contributed by atoms with E-state index in [1.165, 1.54) is 4.68 Å². The van der Waals surface area contributed by atoms with Crippen LogP contribution in [0.5, 0.6) is 0 Å². The molecule has 1 amide bonds. The minimum absolute atomic E-state index is 0.0413. The smallest absolute Gasteiger partial charge is 0.275 e. The fraction of sp³-hybridized carbons (Fsp3) is 0.500. The number of fused-ring (bicyclic) bond motifs is 1. The molecule has 1 aromatic carbocycles. The number of carbonyl (C=O) groups excluding carboxylic acids is 1. The van der Waals surface area contributed by atoms with Crippen LogP contribution in [-0.2, 0) is 11.3 Å². The molecule has 0 saturated heterocycles. The number of hydrogen-bond acceptors (Lipinski definition) is 4. The number of carbonyl (C=O) groups is 1. The van der Waals surface area contributed by atoms with Crippen molar-refractivity contribution in [3.05, 3.63) is 39.3 Å². The van der Waals surface area contributed by atoms with Crippen molar-refractivity contribution >= 4 is 28.3 Å². The summed E-state index contributed by atoms with van der Waals surface area (Å²) in [5, 5.41) is 19.0. The molecular weight excluding hydrogens is 342 g/mol. The van der Waals surface area contributed by atoms with Crippen molar-refractivity contribution in [2.75, 3.05) is 0 Å². The Bertz CT molecular complexity index is 910. The Morgan fingerprint density at radius 3 is 2.76 bits per heavy atom. The van der Waals surface area contributed by atoms with Crippen molar-refractivity contribution in [2.45, 2.75) is 56.7 Å². The Labute approximate surface area is 149 Å². The van der Waals surface area contributed by atoms with E-state index in [-0.39, 0.29) is 24.1 Å². The van der Waals surface area contributed by atoms with Crippen LogP contribution in [0.4, 0.5) is 0 Å². The monoisotopic (exact) mass is 361 g/mol. The maximum Gasteiger partial charge on any atom is 0.275 e. The molecule has 2 N–H and O–H groups in total. The molecule has 2 aliphatic carbocycles. The highest BCUT2D eigenvalue weighted by molar-refractivity contribution is 6.31. The zero-order valence-electron chi connectivity index (χ0n) is 14.0. The number of amides is 1. The van der Waals surface area contributed by atoms with E-state index in [2.05, 4.69) is 10.4 Å². The topological polar surface area (TPSA) is 84.2 Å². The van der Waals surface area contributed by atoms with Crippen LogP contribution >= 0.6 is 11.6 Å². The van der Waals surface area contributed by atoms with E-state index in [9.17, 15) is 14.7 Å². The third kappa shape index (κ3) is 3.28. The van der Waals surface area contributed by atoms with Gasteiger partial charge in [-0.2, -0.15) is 5.10 Å².